The van der Waals surface area contributed by atoms with Crippen molar-refractivity contribution in [1.82, 2.24) is 15.2 Å². The van der Waals surface area contributed by atoms with Gasteiger partial charge < -0.3 is 15.3 Å². The molecule has 0 bridgehead atoms. The molecule has 1 aliphatic heterocycles. The number of aromatic nitrogens is 1. The Kier molecular flexibility index (Phi) is 7.18. The number of amides is 1. The maximum absolute atomic E-state index is 13.0. The van der Waals surface area contributed by atoms with Crippen LogP contribution in [0.5, 0.6) is 0 Å². The molecule has 0 aliphatic carbocycles. The second kappa shape index (κ2) is 9.81. The van der Waals surface area contributed by atoms with Crippen LogP contribution in [0, 0.1) is 5.92 Å². The van der Waals surface area contributed by atoms with Crippen molar-refractivity contribution >= 4 is 12.0 Å². The molecule has 29 heavy (non-hydrogen) atoms. The summed E-state index contributed by atoms with van der Waals surface area (Å²) < 4.78 is 0. The zero-order chi connectivity index (χ0) is 20.8. The topological polar surface area (TPSA) is 65.5 Å². The predicted molar refractivity (Wildman–Crippen MR) is 117 cm³/mol. The highest BCUT2D eigenvalue weighted by molar-refractivity contribution is 5.92. The van der Waals surface area contributed by atoms with E-state index in [4.69, 9.17) is 0 Å². The fourth-order valence-corrected chi connectivity index (χ4v) is 4.03. The molecule has 1 fully saturated rings. The summed E-state index contributed by atoms with van der Waals surface area (Å²) in [5.74, 6) is 0.483. The van der Waals surface area contributed by atoms with Crippen molar-refractivity contribution in [2.45, 2.75) is 38.8 Å². The van der Waals surface area contributed by atoms with Crippen LogP contribution in [0.2, 0.25) is 0 Å². The van der Waals surface area contributed by atoms with Gasteiger partial charge in [-0.3, -0.25) is 9.78 Å². The van der Waals surface area contributed by atoms with E-state index < -0.39 is 0 Å². The lowest BCUT2D eigenvalue weighted by Gasteiger charge is -2.47. The van der Waals surface area contributed by atoms with E-state index in [9.17, 15) is 9.90 Å². The number of aliphatic hydroxyl groups excluding tert-OH is 1. The Morgan fingerprint density at radius 3 is 2.55 bits per heavy atom. The molecule has 1 amide bonds. The molecule has 3 rings (SSSR count). The summed E-state index contributed by atoms with van der Waals surface area (Å²) in [4.78, 5) is 19.2. The second-order valence-electron chi connectivity index (χ2n) is 8.07. The summed E-state index contributed by atoms with van der Waals surface area (Å²) >= 11 is 0. The van der Waals surface area contributed by atoms with Crippen molar-refractivity contribution < 1.29 is 9.90 Å². The molecular formula is C24H31N3O2. The predicted octanol–water partition coefficient (Wildman–Crippen LogP) is 3.33. The van der Waals surface area contributed by atoms with Crippen LogP contribution in [0.3, 0.4) is 0 Å². The first-order valence-electron chi connectivity index (χ1n) is 10.3. The van der Waals surface area contributed by atoms with E-state index in [0.717, 1.165) is 5.56 Å². The summed E-state index contributed by atoms with van der Waals surface area (Å²) in [7, 11) is 0. The van der Waals surface area contributed by atoms with Gasteiger partial charge in [0.05, 0.1) is 6.61 Å². The van der Waals surface area contributed by atoms with Crippen LogP contribution < -0.4 is 5.32 Å². The number of hydrogen-bond donors (Lipinski definition) is 2. The summed E-state index contributed by atoms with van der Waals surface area (Å²) in [5.41, 5.74) is 2.82. The van der Waals surface area contributed by atoms with Crippen molar-refractivity contribution in [3.63, 3.8) is 0 Å². The number of pyridine rings is 1. The minimum Gasteiger partial charge on any atom is -0.395 e. The largest absolute Gasteiger partial charge is 0.395 e. The van der Waals surface area contributed by atoms with Crippen molar-refractivity contribution in [3.8, 4) is 0 Å². The Bertz CT molecular complexity index is 818. The van der Waals surface area contributed by atoms with Crippen LogP contribution in [-0.4, -0.2) is 52.7 Å². The molecule has 2 heterocycles. The third-order valence-electron chi connectivity index (χ3n) is 5.35. The monoisotopic (exact) mass is 393 g/mol. The van der Waals surface area contributed by atoms with Gasteiger partial charge in [-0.05, 0) is 36.1 Å². The fourth-order valence-electron chi connectivity index (χ4n) is 4.03. The summed E-state index contributed by atoms with van der Waals surface area (Å²) in [6.07, 6.45) is 5.74. The molecule has 1 aliphatic rings. The Labute approximate surface area is 173 Å². The van der Waals surface area contributed by atoms with E-state index in [1.807, 2.05) is 30.0 Å². The molecule has 1 saturated heterocycles. The minimum atomic E-state index is -0.0456. The van der Waals surface area contributed by atoms with E-state index in [0.29, 0.717) is 24.7 Å². The number of nitrogens with one attached hydrogen (secondary N) is 1. The third-order valence-corrected chi connectivity index (χ3v) is 5.35. The minimum absolute atomic E-state index is 0.0124. The molecule has 0 spiro atoms. The lowest BCUT2D eigenvalue weighted by atomic mass is 9.77. The molecule has 0 radical (unpaired) electrons. The lowest BCUT2D eigenvalue weighted by Crippen LogP contribution is -2.65. The van der Waals surface area contributed by atoms with Gasteiger partial charge in [-0.15, -0.1) is 0 Å². The number of benzene rings is 1. The third kappa shape index (κ3) is 5.11. The summed E-state index contributed by atoms with van der Waals surface area (Å²) in [6, 6.07) is 14.0. The molecule has 154 valence electrons. The number of carbonyl (C=O) groups excluding carboxylic acids is 1. The average Bonchev–Trinajstić information content (AvgIpc) is 2.71. The highest BCUT2D eigenvalue weighted by atomic mass is 16.3. The van der Waals surface area contributed by atoms with E-state index in [2.05, 4.69) is 54.5 Å². The van der Waals surface area contributed by atoms with Gasteiger partial charge in [0.2, 0.25) is 0 Å². The molecule has 1 aromatic carbocycles. The molecular weight excluding hydrogens is 362 g/mol. The molecule has 2 N–H and O–H groups in total. The van der Waals surface area contributed by atoms with Crippen molar-refractivity contribution in [1.29, 1.82) is 0 Å². The lowest BCUT2D eigenvalue weighted by molar-refractivity contribution is 0.0599. The van der Waals surface area contributed by atoms with Gasteiger partial charge in [-0.1, -0.05) is 56.3 Å². The maximum atomic E-state index is 13.0. The van der Waals surface area contributed by atoms with Gasteiger partial charge in [0.15, 0.2) is 0 Å². The van der Waals surface area contributed by atoms with E-state index in [-0.39, 0.29) is 30.5 Å². The number of aliphatic hydroxyl groups is 1. The molecule has 3 atom stereocenters. The fraction of sp³-hybridized carbons (Fsp3) is 0.417. The number of hydrogen-bond acceptors (Lipinski definition) is 4. The zero-order valence-electron chi connectivity index (χ0n) is 17.5. The summed E-state index contributed by atoms with van der Waals surface area (Å²) in [5, 5.41) is 13.2. The first kappa shape index (κ1) is 21.2. The number of rotatable bonds is 8. The van der Waals surface area contributed by atoms with Crippen LogP contribution in [0.25, 0.3) is 6.08 Å². The molecule has 1 aromatic heterocycles. The van der Waals surface area contributed by atoms with Gasteiger partial charge in [-0.2, -0.15) is 0 Å². The van der Waals surface area contributed by atoms with Crippen LogP contribution in [0.4, 0.5) is 0 Å². The normalized spacial score (nSPS) is 21.3. The quantitative estimate of drug-likeness (QED) is 0.722. The zero-order valence-corrected chi connectivity index (χ0v) is 17.5. The van der Waals surface area contributed by atoms with Gasteiger partial charge >= 0.3 is 0 Å². The molecule has 2 aromatic rings. The van der Waals surface area contributed by atoms with E-state index in [1.54, 1.807) is 12.3 Å². The molecule has 5 heteroatoms. The van der Waals surface area contributed by atoms with Gasteiger partial charge in [0, 0.05) is 37.3 Å². The van der Waals surface area contributed by atoms with E-state index >= 15 is 0 Å². The van der Waals surface area contributed by atoms with Gasteiger partial charge in [0.25, 0.3) is 5.91 Å². The van der Waals surface area contributed by atoms with Crippen LogP contribution in [-0.2, 0) is 0 Å². The van der Waals surface area contributed by atoms with Crippen LogP contribution in [0.1, 0.15) is 48.3 Å². The maximum Gasteiger partial charge on any atom is 0.272 e. The Balaban J connectivity index is 1.78. The smallest absolute Gasteiger partial charge is 0.272 e. The van der Waals surface area contributed by atoms with Crippen molar-refractivity contribution in [2.75, 3.05) is 19.7 Å². The average molecular weight is 394 g/mol. The highest BCUT2D eigenvalue weighted by Gasteiger charge is 2.42. The van der Waals surface area contributed by atoms with Crippen molar-refractivity contribution in [2.24, 2.45) is 5.92 Å². The number of carbonyl (C=O) groups is 1. The van der Waals surface area contributed by atoms with Crippen molar-refractivity contribution in [3.05, 3.63) is 71.6 Å². The Morgan fingerprint density at radius 2 is 1.97 bits per heavy atom. The highest BCUT2D eigenvalue weighted by Crippen LogP contribution is 2.33. The molecule has 0 unspecified atom stereocenters. The van der Waals surface area contributed by atoms with E-state index in [1.165, 1.54) is 5.56 Å². The molecule has 5 nitrogen and oxygen atoms in total. The SMILES string of the molecule is C/C=C/c1ccc([C@H]2[C@@H](CO)N[C@@H]2CN(CC(C)C)C(=O)c2ccccn2)cc1. The van der Waals surface area contributed by atoms with Crippen LogP contribution in [0.15, 0.2) is 54.7 Å². The Hall–Kier alpha value is -2.50. The molecule has 0 saturated carbocycles. The second-order valence-corrected chi connectivity index (χ2v) is 8.07. The van der Waals surface area contributed by atoms with Crippen LogP contribution >= 0.6 is 0 Å². The number of allylic oxidation sites excluding steroid dienone is 1. The summed E-state index contributed by atoms with van der Waals surface area (Å²) in [6.45, 7) is 7.57. The first-order valence-corrected chi connectivity index (χ1v) is 10.3. The standard InChI is InChI=1S/C24H31N3O2/c1-4-7-18-9-11-19(12-10-18)23-21(26-22(23)16-28)15-27(14-17(2)3)24(29)20-8-5-6-13-25-20/h4-13,17,21-23,26,28H,14-16H2,1-3H3/b7-4+/t21-,22-,23-/m1/s1. The Morgan fingerprint density at radius 1 is 1.21 bits per heavy atom. The first-order chi connectivity index (χ1) is 14.0. The number of nitrogens with zero attached hydrogens (tertiary/aromatic N) is 2. The van der Waals surface area contributed by atoms with Gasteiger partial charge in [-0.25, -0.2) is 0 Å². The van der Waals surface area contributed by atoms with Gasteiger partial charge in [0.1, 0.15) is 5.69 Å².